The first-order chi connectivity index (χ1) is 7.66. The second kappa shape index (κ2) is 4.32. The normalized spacial score (nSPS) is 10.1. The number of nitrogens with two attached hydrogens (primary N) is 1. The van der Waals surface area contributed by atoms with Crippen LogP contribution in [0, 0.1) is 5.82 Å². The van der Waals surface area contributed by atoms with Crippen LogP contribution < -0.4 is 10.5 Å². The fraction of sp³-hybridized carbons (Fsp3) is 0. The van der Waals surface area contributed by atoms with Gasteiger partial charge in [0.25, 0.3) is 0 Å². The minimum atomic E-state index is -0.542. The number of nitrogen functional groups attached to an aromatic ring is 1. The van der Waals surface area contributed by atoms with Gasteiger partial charge in [-0.15, -0.1) is 0 Å². The maximum absolute atomic E-state index is 12.6. The number of rotatable bonds is 2. The summed E-state index contributed by atoms with van der Waals surface area (Å²) in [6, 6.07) is 4.93. The van der Waals surface area contributed by atoms with Crippen molar-refractivity contribution < 1.29 is 9.13 Å². The lowest BCUT2D eigenvalue weighted by atomic mass is 10.3. The van der Waals surface area contributed by atoms with E-state index < -0.39 is 5.82 Å². The van der Waals surface area contributed by atoms with Crippen LogP contribution in [0.2, 0.25) is 5.02 Å². The molecule has 2 N–H and O–H groups in total. The number of halogens is 2. The third kappa shape index (κ3) is 2.20. The monoisotopic (exact) mass is 239 g/mol. The van der Waals surface area contributed by atoms with Crippen LogP contribution in [0.1, 0.15) is 0 Å². The molecule has 2 aromatic rings. The molecule has 0 aliphatic heterocycles. The van der Waals surface area contributed by atoms with E-state index in [-0.39, 0.29) is 11.8 Å². The van der Waals surface area contributed by atoms with Gasteiger partial charge in [-0.3, -0.25) is 0 Å². The smallest absolute Gasteiger partial charge is 0.322 e. The SMILES string of the molecule is Nc1cccc(Cl)c1Oc1ncc(F)cn1. The molecule has 6 heteroatoms. The maximum Gasteiger partial charge on any atom is 0.322 e. The van der Waals surface area contributed by atoms with E-state index in [1.54, 1.807) is 18.2 Å². The first kappa shape index (κ1) is 10.6. The number of anilines is 1. The van der Waals surface area contributed by atoms with Crippen molar-refractivity contribution in [2.45, 2.75) is 0 Å². The van der Waals surface area contributed by atoms with Crippen molar-refractivity contribution in [1.29, 1.82) is 0 Å². The summed E-state index contributed by atoms with van der Waals surface area (Å²) < 4.78 is 17.8. The van der Waals surface area contributed by atoms with Gasteiger partial charge in [-0.25, -0.2) is 14.4 Å². The molecule has 0 aliphatic rings. The van der Waals surface area contributed by atoms with Crippen molar-refractivity contribution in [3.05, 3.63) is 41.4 Å². The third-order valence-corrected chi connectivity index (χ3v) is 2.09. The van der Waals surface area contributed by atoms with Crippen LogP contribution in [0.4, 0.5) is 10.1 Å². The molecule has 0 radical (unpaired) electrons. The minimum absolute atomic E-state index is 0.0128. The summed E-state index contributed by atoms with van der Waals surface area (Å²) in [5.74, 6) is -0.282. The molecule has 0 atom stereocenters. The summed E-state index contributed by atoms with van der Waals surface area (Å²) in [5, 5.41) is 0.341. The molecule has 0 saturated carbocycles. The average Bonchev–Trinajstić information content (AvgIpc) is 2.26. The molecule has 4 nitrogen and oxygen atoms in total. The topological polar surface area (TPSA) is 61.0 Å². The Morgan fingerprint density at radius 2 is 1.94 bits per heavy atom. The Labute approximate surface area is 95.9 Å². The Morgan fingerprint density at radius 3 is 2.56 bits per heavy atom. The second-order valence-corrected chi connectivity index (χ2v) is 3.35. The van der Waals surface area contributed by atoms with Crippen LogP contribution in [0.3, 0.4) is 0 Å². The van der Waals surface area contributed by atoms with Crippen molar-refractivity contribution in [2.75, 3.05) is 5.73 Å². The molecular weight excluding hydrogens is 233 g/mol. The predicted octanol–water partition coefficient (Wildman–Crippen LogP) is 2.64. The number of aromatic nitrogens is 2. The van der Waals surface area contributed by atoms with Gasteiger partial charge in [-0.05, 0) is 12.1 Å². The zero-order valence-electron chi connectivity index (χ0n) is 8.02. The zero-order chi connectivity index (χ0) is 11.5. The van der Waals surface area contributed by atoms with Crippen LogP contribution in [0.25, 0.3) is 0 Å². The van der Waals surface area contributed by atoms with Crippen LogP contribution in [0.5, 0.6) is 11.8 Å². The van der Waals surface area contributed by atoms with E-state index in [9.17, 15) is 4.39 Å². The fourth-order valence-corrected chi connectivity index (χ4v) is 1.30. The molecule has 82 valence electrons. The first-order valence-electron chi connectivity index (χ1n) is 4.36. The Hall–Kier alpha value is -1.88. The number of ether oxygens (including phenoxy) is 1. The minimum Gasteiger partial charge on any atom is -0.420 e. The molecule has 0 unspecified atom stereocenters. The first-order valence-corrected chi connectivity index (χ1v) is 4.74. The average molecular weight is 240 g/mol. The highest BCUT2D eigenvalue weighted by atomic mass is 35.5. The van der Waals surface area contributed by atoms with E-state index in [1.165, 1.54) is 0 Å². The van der Waals surface area contributed by atoms with Crippen LogP contribution in [0.15, 0.2) is 30.6 Å². The number of hydrogen-bond acceptors (Lipinski definition) is 4. The largest absolute Gasteiger partial charge is 0.420 e. The highest BCUT2D eigenvalue weighted by Crippen LogP contribution is 2.33. The molecule has 0 saturated heterocycles. The molecule has 2 rings (SSSR count). The summed E-state index contributed by atoms with van der Waals surface area (Å²) >= 11 is 5.88. The van der Waals surface area contributed by atoms with E-state index in [1.807, 2.05) is 0 Å². The summed E-state index contributed by atoms with van der Waals surface area (Å²) in [4.78, 5) is 7.27. The van der Waals surface area contributed by atoms with Crippen LogP contribution >= 0.6 is 11.6 Å². The predicted molar refractivity (Wildman–Crippen MR) is 57.9 cm³/mol. The Kier molecular flexibility index (Phi) is 2.87. The van der Waals surface area contributed by atoms with Gasteiger partial charge in [0.2, 0.25) is 0 Å². The summed E-state index contributed by atoms with van der Waals surface area (Å²) in [7, 11) is 0. The zero-order valence-corrected chi connectivity index (χ0v) is 8.78. The van der Waals surface area contributed by atoms with Gasteiger partial charge in [0.05, 0.1) is 23.1 Å². The Balaban J connectivity index is 2.30. The maximum atomic E-state index is 12.6. The number of nitrogens with zero attached hydrogens (tertiary/aromatic N) is 2. The van der Waals surface area contributed by atoms with Crippen molar-refractivity contribution in [3.63, 3.8) is 0 Å². The van der Waals surface area contributed by atoms with E-state index in [0.717, 1.165) is 12.4 Å². The molecule has 0 aliphatic carbocycles. The van der Waals surface area contributed by atoms with Gasteiger partial charge in [0.15, 0.2) is 11.6 Å². The van der Waals surface area contributed by atoms with Gasteiger partial charge in [0, 0.05) is 0 Å². The molecule has 0 amide bonds. The molecule has 16 heavy (non-hydrogen) atoms. The summed E-state index contributed by atoms with van der Waals surface area (Å²) in [6.45, 7) is 0. The van der Waals surface area contributed by atoms with E-state index >= 15 is 0 Å². The quantitative estimate of drug-likeness (QED) is 0.819. The molecular formula is C10H7ClFN3O. The lowest BCUT2D eigenvalue weighted by Gasteiger charge is -2.07. The summed E-state index contributed by atoms with van der Waals surface area (Å²) in [5.41, 5.74) is 6.02. The van der Waals surface area contributed by atoms with Crippen molar-refractivity contribution in [2.24, 2.45) is 0 Å². The fourth-order valence-electron chi connectivity index (χ4n) is 1.08. The number of hydrogen-bond donors (Lipinski definition) is 1. The third-order valence-electron chi connectivity index (χ3n) is 1.79. The highest BCUT2D eigenvalue weighted by molar-refractivity contribution is 6.32. The van der Waals surface area contributed by atoms with Crippen molar-refractivity contribution in [1.82, 2.24) is 9.97 Å². The van der Waals surface area contributed by atoms with E-state index in [4.69, 9.17) is 22.1 Å². The van der Waals surface area contributed by atoms with Gasteiger partial charge >= 0.3 is 6.01 Å². The molecule has 0 bridgehead atoms. The lowest BCUT2D eigenvalue weighted by molar-refractivity contribution is 0.438. The van der Waals surface area contributed by atoms with Crippen molar-refractivity contribution in [3.8, 4) is 11.8 Å². The highest BCUT2D eigenvalue weighted by Gasteiger charge is 2.08. The van der Waals surface area contributed by atoms with Gasteiger partial charge < -0.3 is 10.5 Å². The molecule has 0 fully saturated rings. The van der Waals surface area contributed by atoms with Crippen LogP contribution in [-0.4, -0.2) is 9.97 Å². The van der Waals surface area contributed by atoms with Gasteiger partial charge in [-0.2, -0.15) is 0 Å². The Bertz CT molecular complexity index is 484. The van der Waals surface area contributed by atoms with Gasteiger partial charge in [0.1, 0.15) is 0 Å². The van der Waals surface area contributed by atoms with E-state index in [0.29, 0.717) is 10.7 Å². The van der Waals surface area contributed by atoms with Crippen molar-refractivity contribution >= 4 is 17.3 Å². The number of para-hydroxylation sites is 1. The Morgan fingerprint density at radius 1 is 1.25 bits per heavy atom. The molecule has 1 aromatic heterocycles. The lowest BCUT2D eigenvalue weighted by Crippen LogP contribution is -1.96. The summed E-state index contributed by atoms with van der Waals surface area (Å²) in [6.07, 6.45) is 1.99. The number of benzene rings is 1. The van der Waals surface area contributed by atoms with Crippen LogP contribution in [-0.2, 0) is 0 Å². The standard InChI is InChI=1S/C10H7ClFN3O/c11-7-2-1-3-8(13)9(7)16-10-14-4-6(12)5-15-10/h1-5H,13H2. The van der Waals surface area contributed by atoms with Gasteiger partial charge in [-0.1, -0.05) is 17.7 Å². The molecule has 0 spiro atoms. The molecule has 1 aromatic carbocycles. The second-order valence-electron chi connectivity index (χ2n) is 2.94. The van der Waals surface area contributed by atoms with E-state index in [2.05, 4.69) is 9.97 Å². The molecule has 1 heterocycles.